The molecule has 2 aromatic rings. The maximum absolute atomic E-state index is 13.1. The lowest BCUT2D eigenvalue weighted by molar-refractivity contribution is 0.0514. The number of aromatic hydroxyl groups is 1. The molecular weight excluding hydrogens is 327 g/mol. The van der Waals surface area contributed by atoms with E-state index < -0.39 is 11.8 Å². The van der Waals surface area contributed by atoms with Crippen LogP contribution in [0.5, 0.6) is 5.75 Å². The molecule has 1 aromatic heterocycles. The van der Waals surface area contributed by atoms with Gasteiger partial charge in [0.15, 0.2) is 5.82 Å². The number of phenolic OH excluding ortho intramolecular Hbond substituents is 1. The largest absolute Gasteiger partial charge is 0.506 e. The lowest BCUT2D eigenvalue weighted by Crippen LogP contribution is -2.13. The topological polar surface area (TPSA) is 89.3 Å². The van der Waals surface area contributed by atoms with E-state index in [4.69, 9.17) is 4.74 Å². The number of halogens is 1. The fourth-order valence-corrected chi connectivity index (χ4v) is 2.06. The van der Waals surface area contributed by atoms with Crippen molar-refractivity contribution in [2.45, 2.75) is 13.8 Å². The van der Waals surface area contributed by atoms with Gasteiger partial charge in [0.1, 0.15) is 23.6 Å². The first-order chi connectivity index (χ1) is 11.9. The van der Waals surface area contributed by atoms with Crippen LogP contribution < -0.4 is 5.32 Å². The highest BCUT2D eigenvalue weighted by Crippen LogP contribution is 2.27. The van der Waals surface area contributed by atoms with Crippen LogP contribution in [-0.2, 0) is 11.8 Å². The summed E-state index contributed by atoms with van der Waals surface area (Å²) < 4.78 is 19.8. The van der Waals surface area contributed by atoms with Crippen molar-refractivity contribution in [2.75, 3.05) is 11.9 Å². The molecule has 0 atom stereocenters. The van der Waals surface area contributed by atoms with Crippen molar-refractivity contribution in [2.24, 2.45) is 7.05 Å². The molecule has 0 saturated carbocycles. The lowest BCUT2D eigenvalue weighted by Gasteiger charge is -2.13. The molecule has 0 spiro atoms. The third-order valence-corrected chi connectivity index (χ3v) is 3.48. The molecule has 25 heavy (non-hydrogen) atoms. The molecule has 0 radical (unpaired) electrons. The summed E-state index contributed by atoms with van der Waals surface area (Å²) in [6, 6.07) is 5.11. The Morgan fingerprint density at radius 1 is 1.40 bits per heavy atom. The third kappa shape index (κ3) is 4.43. The summed E-state index contributed by atoms with van der Waals surface area (Å²) in [5.41, 5.74) is 1.12. The summed E-state index contributed by atoms with van der Waals surface area (Å²) in [4.78, 5) is 20.3. The molecule has 0 aliphatic heterocycles. The number of ether oxygens (including phenoxy) is 1. The molecule has 0 aliphatic rings. The summed E-state index contributed by atoms with van der Waals surface area (Å²) in [7, 11) is 1.68. The number of nitrogens with one attached hydrogen (secondary N) is 1. The average molecular weight is 346 g/mol. The molecule has 8 heteroatoms. The van der Waals surface area contributed by atoms with Gasteiger partial charge < -0.3 is 19.7 Å². The SMILES string of the molecule is CCOC(=O)c1ccncnc(Nc2ccc(F)cc2O)c(C)n1C. The minimum atomic E-state index is -0.555. The number of carbonyl (C=O) groups excluding carboxylic acids is 1. The fraction of sp³-hybridized carbons (Fsp3) is 0.235. The quantitative estimate of drug-likeness (QED) is 0.653. The highest BCUT2D eigenvalue weighted by molar-refractivity contribution is 5.87. The molecule has 2 N–H and O–H groups in total. The van der Waals surface area contributed by atoms with Crippen LogP contribution in [0.25, 0.3) is 0 Å². The molecular formula is C17H19FN4O3. The van der Waals surface area contributed by atoms with Crippen molar-refractivity contribution in [3.63, 3.8) is 0 Å². The highest BCUT2D eigenvalue weighted by atomic mass is 19.1. The van der Waals surface area contributed by atoms with E-state index in [2.05, 4.69) is 15.3 Å². The van der Waals surface area contributed by atoms with Gasteiger partial charge in [0.25, 0.3) is 0 Å². The van der Waals surface area contributed by atoms with E-state index >= 15 is 0 Å². The van der Waals surface area contributed by atoms with E-state index in [1.54, 1.807) is 25.5 Å². The van der Waals surface area contributed by atoms with E-state index in [0.717, 1.165) is 6.07 Å². The molecule has 1 heterocycles. The van der Waals surface area contributed by atoms with Gasteiger partial charge in [0, 0.05) is 19.3 Å². The van der Waals surface area contributed by atoms with Crippen LogP contribution in [0, 0.1) is 12.7 Å². The zero-order chi connectivity index (χ0) is 18.4. The number of esters is 1. The van der Waals surface area contributed by atoms with E-state index in [1.807, 2.05) is 0 Å². The van der Waals surface area contributed by atoms with E-state index in [-0.39, 0.29) is 23.7 Å². The van der Waals surface area contributed by atoms with Gasteiger partial charge in [0.05, 0.1) is 18.0 Å². The molecule has 7 nitrogen and oxygen atoms in total. The second-order valence-corrected chi connectivity index (χ2v) is 5.09. The number of rotatable bonds is 4. The second kappa shape index (κ2) is 8.09. The Hall–Kier alpha value is -3.16. The minimum absolute atomic E-state index is 0.245. The molecule has 1 aromatic carbocycles. The number of aromatic nitrogens is 3. The smallest absolute Gasteiger partial charge is 0.354 e. The number of hydrogen-bond donors (Lipinski definition) is 2. The first kappa shape index (κ1) is 18.2. The standard InChI is InChI=1S/C17H19FN4O3/c1-4-25-17(24)14-7-8-19-10-20-16(11(2)22(14)3)21-13-6-5-12(18)9-15(13)23/h5-10,21,23H,4H2,1-3H3. The minimum Gasteiger partial charge on any atom is -0.506 e. The Kier molecular flexibility index (Phi) is 5.89. The summed E-state index contributed by atoms with van der Waals surface area (Å²) >= 11 is 0. The molecule has 0 saturated heterocycles. The third-order valence-electron chi connectivity index (χ3n) is 3.48. The number of hydrogen-bond acceptors (Lipinski definition) is 6. The van der Waals surface area contributed by atoms with Crippen LogP contribution in [0.2, 0.25) is 0 Å². The van der Waals surface area contributed by atoms with E-state index in [0.29, 0.717) is 11.5 Å². The number of nitrogens with zero attached hydrogens (tertiary/aromatic N) is 3. The van der Waals surface area contributed by atoms with Gasteiger partial charge in [-0.05, 0) is 32.0 Å². The van der Waals surface area contributed by atoms with E-state index in [1.165, 1.54) is 30.7 Å². The molecule has 132 valence electrons. The maximum Gasteiger partial charge on any atom is 0.354 e. The Morgan fingerprint density at radius 3 is 2.84 bits per heavy atom. The average Bonchev–Trinajstić information content (AvgIpc) is 2.63. The van der Waals surface area contributed by atoms with Gasteiger partial charge in [-0.2, -0.15) is 0 Å². The van der Waals surface area contributed by atoms with E-state index in [9.17, 15) is 14.3 Å². The summed E-state index contributed by atoms with van der Waals surface area (Å²) in [5, 5.41) is 12.8. The van der Waals surface area contributed by atoms with Crippen molar-refractivity contribution >= 4 is 17.5 Å². The van der Waals surface area contributed by atoms with Crippen LogP contribution in [-0.4, -0.2) is 32.2 Å². The molecule has 0 aliphatic carbocycles. The molecule has 0 amide bonds. The Morgan fingerprint density at radius 2 is 2.16 bits per heavy atom. The summed E-state index contributed by atoms with van der Waals surface area (Å²) in [6.45, 7) is 3.70. The van der Waals surface area contributed by atoms with Crippen LogP contribution in [0.1, 0.15) is 23.1 Å². The zero-order valence-corrected chi connectivity index (χ0v) is 14.2. The van der Waals surface area contributed by atoms with Crippen molar-refractivity contribution < 1.29 is 19.0 Å². The zero-order valence-electron chi connectivity index (χ0n) is 14.2. The second-order valence-electron chi connectivity index (χ2n) is 5.09. The first-order valence-corrected chi connectivity index (χ1v) is 7.57. The van der Waals surface area contributed by atoms with Crippen molar-refractivity contribution in [1.29, 1.82) is 0 Å². The van der Waals surface area contributed by atoms with Crippen molar-refractivity contribution in [1.82, 2.24) is 14.5 Å². The van der Waals surface area contributed by atoms with Crippen LogP contribution >= 0.6 is 0 Å². The number of benzene rings is 1. The van der Waals surface area contributed by atoms with Crippen molar-refractivity contribution in [3.8, 4) is 5.75 Å². The summed E-state index contributed by atoms with van der Waals surface area (Å²) in [5.74, 6) is -0.982. The predicted octanol–water partition coefficient (Wildman–Crippen LogP) is 3.01. The Balaban J connectivity index is 2.56. The Labute approximate surface area is 144 Å². The predicted molar refractivity (Wildman–Crippen MR) is 90.7 cm³/mol. The monoisotopic (exact) mass is 346 g/mol. The number of carbonyl (C=O) groups is 1. The lowest BCUT2D eigenvalue weighted by atomic mass is 10.2. The number of phenols is 1. The molecule has 2 rings (SSSR count). The fourth-order valence-electron chi connectivity index (χ4n) is 2.06. The van der Waals surface area contributed by atoms with Crippen LogP contribution in [0.3, 0.4) is 0 Å². The molecule has 0 fully saturated rings. The van der Waals surface area contributed by atoms with Gasteiger partial charge in [-0.1, -0.05) is 0 Å². The normalized spacial score (nSPS) is 10.1. The summed E-state index contributed by atoms with van der Waals surface area (Å²) in [6.07, 6.45) is 2.72. The van der Waals surface area contributed by atoms with Gasteiger partial charge >= 0.3 is 5.97 Å². The van der Waals surface area contributed by atoms with Gasteiger partial charge in [0.2, 0.25) is 0 Å². The molecule has 0 unspecified atom stereocenters. The van der Waals surface area contributed by atoms with Crippen molar-refractivity contribution in [3.05, 3.63) is 54.0 Å². The molecule has 0 bridgehead atoms. The van der Waals surface area contributed by atoms with Gasteiger partial charge in [-0.15, -0.1) is 0 Å². The van der Waals surface area contributed by atoms with Gasteiger partial charge in [-0.3, -0.25) is 0 Å². The van der Waals surface area contributed by atoms with Gasteiger partial charge in [-0.25, -0.2) is 19.2 Å². The number of anilines is 2. The first-order valence-electron chi connectivity index (χ1n) is 7.57. The maximum atomic E-state index is 13.1. The van der Waals surface area contributed by atoms with Crippen LogP contribution in [0.4, 0.5) is 15.9 Å². The highest BCUT2D eigenvalue weighted by Gasteiger charge is 2.12. The Bertz CT molecular complexity index is 835. The van der Waals surface area contributed by atoms with Crippen LogP contribution in [0.15, 0.2) is 36.8 Å².